The second-order valence-corrected chi connectivity index (χ2v) is 8.36. The van der Waals surface area contributed by atoms with Crippen molar-refractivity contribution in [3.8, 4) is 11.5 Å². The van der Waals surface area contributed by atoms with Crippen LogP contribution in [-0.4, -0.2) is 22.4 Å². The van der Waals surface area contributed by atoms with E-state index in [9.17, 15) is 10.2 Å². The Hall–Kier alpha value is -1.48. The second kappa shape index (κ2) is 5.27. The molecule has 0 fully saturated rings. The molecule has 0 amide bonds. The number of rotatable bonds is 2. The molecule has 2 N–H and O–H groups in total. The van der Waals surface area contributed by atoms with Crippen LogP contribution in [0.5, 0.6) is 11.5 Å². The zero-order valence-electron chi connectivity index (χ0n) is 14.8. The van der Waals surface area contributed by atoms with Gasteiger partial charge in [0.05, 0.1) is 6.61 Å². The van der Waals surface area contributed by atoms with Crippen molar-refractivity contribution in [1.29, 1.82) is 0 Å². The van der Waals surface area contributed by atoms with Gasteiger partial charge in [0.2, 0.25) is 0 Å². The molecule has 1 aromatic carbocycles. The lowest BCUT2D eigenvalue weighted by Gasteiger charge is -2.47. The minimum Gasteiger partial charge on any atom is -0.508 e. The Kier molecular flexibility index (Phi) is 3.75. The summed E-state index contributed by atoms with van der Waals surface area (Å²) < 4.78 is 6.31. The van der Waals surface area contributed by atoms with E-state index in [2.05, 4.69) is 26.8 Å². The van der Waals surface area contributed by atoms with Crippen molar-refractivity contribution in [3.05, 3.63) is 34.9 Å². The molecule has 0 saturated carbocycles. The summed E-state index contributed by atoms with van der Waals surface area (Å²) in [7, 11) is 0. The van der Waals surface area contributed by atoms with Crippen LogP contribution in [0.2, 0.25) is 0 Å². The van der Waals surface area contributed by atoms with E-state index in [0.717, 1.165) is 29.7 Å². The number of aromatic hydroxyl groups is 1. The van der Waals surface area contributed by atoms with Crippen LogP contribution in [0.1, 0.15) is 64.5 Å². The maximum absolute atomic E-state index is 10.7. The van der Waals surface area contributed by atoms with E-state index in [1.54, 1.807) is 6.07 Å². The number of fused-ring (bicyclic) bond motifs is 3. The molecule has 2 aliphatic rings. The van der Waals surface area contributed by atoms with Crippen LogP contribution in [0.4, 0.5) is 0 Å². The Morgan fingerprint density at radius 2 is 2.00 bits per heavy atom. The Morgan fingerprint density at radius 3 is 2.65 bits per heavy atom. The van der Waals surface area contributed by atoms with Crippen LogP contribution in [0.15, 0.2) is 23.8 Å². The summed E-state index contributed by atoms with van der Waals surface area (Å²) in [6, 6.07) is 3.82. The van der Waals surface area contributed by atoms with Crippen molar-refractivity contribution in [1.82, 2.24) is 0 Å². The van der Waals surface area contributed by atoms with Crippen molar-refractivity contribution in [2.24, 2.45) is 5.92 Å². The molecular weight excluding hydrogens is 288 g/mol. The number of benzene rings is 1. The van der Waals surface area contributed by atoms with Gasteiger partial charge in [0.15, 0.2) is 0 Å². The number of hydrogen-bond acceptors (Lipinski definition) is 3. The molecule has 2 atom stereocenters. The van der Waals surface area contributed by atoms with Crippen molar-refractivity contribution >= 4 is 0 Å². The molecule has 1 aliphatic heterocycles. The lowest BCUT2D eigenvalue weighted by Crippen LogP contribution is -2.45. The predicted octanol–water partition coefficient (Wildman–Crippen LogP) is 4.27. The molecule has 0 bridgehead atoms. The van der Waals surface area contributed by atoms with Crippen LogP contribution in [-0.2, 0) is 5.41 Å². The third kappa shape index (κ3) is 2.65. The van der Waals surface area contributed by atoms with E-state index in [1.165, 1.54) is 5.57 Å². The van der Waals surface area contributed by atoms with Gasteiger partial charge in [-0.1, -0.05) is 25.5 Å². The molecule has 3 rings (SSSR count). The average Bonchev–Trinajstić information content (AvgIpc) is 2.45. The second-order valence-electron chi connectivity index (χ2n) is 8.36. The third-order valence-electron chi connectivity index (χ3n) is 5.68. The summed E-state index contributed by atoms with van der Waals surface area (Å²) >= 11 is 0. The SMILES string of the molecule is CC1=CC[C@@H]2[C@@H](C1)c1c(O)cc(C(C)(C)CO)cc1OC2(C)C. The third-order valence-corrected chi connectivity index (χ3v) is 5.68. The summed E-state index contributed by atoms with van der Waals surface area (Å²) in [5, 5.41) is 20.3. The van der Waals surface area contributed by atoms with Gasteiger partial charge in [-0.25, -0.2) is 0 Å². The highest BCUT2D eigenvalue weighted by Gasteiger charge is 2.46. The van der Waals surface area contributed by atoms with E-state index in [0.29, 0.717) is 17.6 Å². The smallest absolute Gasteiger partial charge is 0.127 e. The standard InChI is InChI=1S/C20H28O3/c1-12-6-7-15-14(8-12)18-16(22)9-13(19(2,3)11-21)10-17(18)23-20(15,4)5/h6,9-10,14-15,21-22H,7-8,11H2,1-5H3/t14-,15-/m1/s1. The monoisotopic (exact) mass is 316 g/mol. The molecule has 3 nitrogen and oxygen atoms in total. The highest BCUT2D eigenvalue weighted by atomic mass is 16.5. The summed E-state index contributed by atoms with van der Waals surface area (Å²) in [4.78, 5) is 0. The van der Waals surface area contributed by atoms with E-state index in [-0.39, 0.29) is 12.2 Å². The summed E-state index contributed by atoms with van der Waals surface area (Å²) in [6.07, 6.45) is 4.27. The van der Waals surface area contributed by atoms with E-state index in [4.69, 9.17) is 4.74 Å². The molecule has 0 aromatic heterocycles. The van der Waals surface area contributed by atoms with Crippen LogP contribution < -0.4 is 4.74 Å². The zero-order chi connectivity index (χ0) is 17.0. The Balaban J connectivity index is 2.14. The van der Waals surface area contributed by atoms with Crippen LogP contribution in [0.3, 0.4) is 0 Å². The number of allylic oxidation sites excluding steroid dienone is 2. The van der Waals surface area contributed by atoms with E-state index < -0.39 is 5.41 Å². The van der Waals surface area contributed by atoms with Gasteiger partial charge in [0.1, 0.15) is 17.1 Å². The molecule has 0 saturated heterocycles. The minimum atomic E-state index is -0.404. The number of phenols is 1. The predicted molar refractivity (Wildman–Crippen MR) is 92.1 cm³/mol. The highest BCUT2D eigenvalue weighted by Crippen LogP contribution is 2.54. The molecule has 126 valence electrons. The van der Waals surface area contributed by atoms with Crippen LogP contribution in [0, 0.1) is 5.92 Å². The maximum Gasteiger partial charge on any atom is 0.127 e. The fourth-order valence-corrected chi connectivity index (χ4v) is 4.05. The Morgan fingerprint density at radius 1 is 1.30 bits per heavy atom. The van der Waals surface area contributed by atoms with Gasteiger partial charge in [-0.3, -0.25) is 0 Å². The zero-order valence-corrected chi connectivity index (χ0v) is 14.8. The lowest BCUT2D eigenvalue weighted by molar-refractivity contribution is 0.00738. The summed E-state index contributed by atoms with van der Waals surface area (Å²) in [6.45, 7) is 10.4. The molecule has 1 heterocycles. The Labute approximate surface area is 139 Å². The number of aliphatic hydroxyl groups excluding tert-OH is 1. The van der Waals surface area contributed by atoms with Gasteiger partial charge < -0.3 is 14.9 Å². The van der Waals surface area contributed by atoms with E-state index in [1.807, 2.05) is 19.9 Å². The number of hydrogen-bond donors (Lipinski definition) is 2. The largest absolute Gasteiger partial charge is 0.508 e. The first-order valence-corrected chi connectivity index (χ1v) is 8.48. The van der Waals surface area contributed by atoms with Gasteiger partial charge in [-0.05, 0) is 51.3 Å². The van der Waals surface area contributed by atoms with Gasteiger partial charge >= 0.3 is 0 Å². The first-order valence-electron chi connectivity index (χ1n) is 8.48. The normalized spacial score (nSPS) is 25.9. The first kappa shape index (κ1) is 16.4. The number of aliphatic hydroxyl groups is 1. The molecule has 1 aromatic rings. The fourth-order valence-electron chi connectivity index (χ4n) is 4.05. The number of ether oxygens (including phenoxy) is 1. The molecule has 23 heavy (non-hydrogen) atoms. The minimum absolute atomic E-state index is 0.0303. The van der Waals surface area contributed by atoms with Gasteiger partial charge in [0.25, 0.3) is 0 Å². The topological polar surface area (TPSA) is 49.7 Å². The molecular formula is C20H28O3. The fraction of sp³-hybridized carbons (Fsp3) is 0.600. The molecule has 0 radical (unpaired) electrons. The molecule has 3 heteroatoms. The average molecular weight is 316 g/mol. The molecule has 1 aliphatic carbocycles. The molecule has 0 unspecified atom stereocenters. The van der Waals surface area contributed by atoms with E-state index >= 15 is 0 Å². The highest BCUT2D eigenvalue weighted by molar-refractivity contribution is 5.54. The van der Waals surface area contributed by atoms with Gasteiger partial charge in [-0.2, -0.15) is 0 Å². The number of phenolic OH excluding ortho intramolecular Hbond substituents is 1. The first-order chi connectivity index (χ1) is 10.7. The van der Waals surface area contributed by atoms with Crippen molar-refractivity contribution in [3.63, 3.8) is 0 Å². The van der Waals surface area contributed by atoms with Crippen molar-refractivity contribution in [2.75, 3.05) is 6.61 Å². The van der Waals surface area contributed by atoms with Gasteiger partial charge in [-0.15, -0.1) is 0 Å². The van der Waals surface area contributed by atoms with Gasteiger partial charge in [0, 0.05) is 22.8 Å². The summed E-state index contributed by atoms with van der Waals surface area (Å²) in [5.74, 6) is 1.76. The maximum atomic E-state index is 10.7. The molecule has 0 spiro atoms. The van der Waals surface area contributed by atoms with Crippen LogP contribution >= 0.6 is 0 Å². The Bertz CT molecular complexity index is 655. The van der Waals surface area contributed by atoms with Crippen LogP contribution in [0.25, 0.3) is 0 Å². The van der Waals surface area contributed by atoms with Crippen molar-refractivity contribution in [2.45, 2.75) is 64.4 Å². The lowest BCUT2D eigenvalue weighted by atomic mass is 9.67. The summed E-state index contributed by atoms with van der Waals surface area (Å²) in [5.41, 5.74) is 2.57. The quantitative estimate of drug-likeness (QED) is 0.801. The van der Waals surface area contributed by atoms with Crippen molar-refractivity contribution < 1.29 is 14.9 Å².